The van der Waals surface area contributed by atoms with Crippen molar-refractivity contribution in [3.05, 3.63) is 64.1 Å². The van der Waals surface area contributed by atoms with Crippen LogP contribution in [0.1, 0.15) is 22.8 Å². The molecule has 3 N–H and O–H groups in total. The van der Waals surface area contributed by atoms with Gasteiger partial charge in [0.1, 0.15) is 0 Å². The summed E-state index contributed by atoms with van der Waals surface area (Å²) < 4.78 is 1.03. The molecule has 2 amide bonds. The minimum atomic E-state index is -0.559. The van der Waals surface area contributed by atoms with Crippen LogP contribution in [0.2, 0.25) is 0 Å². The van der Waals surface area contributed by atoms with Gasteiger partial charge in [0.15, 0.2) is 0 Å². The molecule has 4 nitrogen and oxygen atoms in total. The molecule has 0 radical (unpaired) electrons. The standard InChI is InChI=1S/C17H17BrN2O2S/c1-11(23-10-12-6-8-13(18)9-7-12)17(22)20-15-5-3-2-4-14(15)16(19)21/h2-9,11H,10H2,1H3,(H2,19,21)(H,20,22)/t11-/m1/s1. The fourth-order valence-electron chi connectivity index (χ4n) is 1.92. The Balaban J connectivity index is 1.95. The van der Waals surface area contributed by atoms with Crippen molar-refractivity contribution in [1.82, 2.24) is 0 Å². The van der Waals surface area contributed by atoms with E-state index in [9.17, 15) is 9.59 Å². The molecule has 0 fully saturated rings. The summed E-state index contributed by atoms with van der Waals surface area (Å²) in [5.74, 6) is 0.0242. The van der Waals surface area contributed by atoms with Crippen molar-refractivity contribution < 1.29 is 9.59 Å². The number of anilines is 1. The van der Waals surface area contributed by atoms with Crippen LogP contribution in [0.5, 0.6) is 0 Å². The number of hydrogen-bond donors (Lipinski definition) is 2. The van der Waals surface area contributed by atoms with Crippen LogP contribution in [0.25, 0.3) is 0 Å². The van der Waals surface area contributed by atoms with Crippen LogP contribution in [0.15, 0.2) is 53.0 Å². The molecule has 120 valence electrons. The molecule has 2 aromatic carbocycles. The van der Waals surface area contributed by atoms with Gasteiger partial charge in [0.2, 0.25) is 5.91 Å². The average Bonchev–Trinajstić information content (AvgIpc) is 2.54. The molecule has 2 aromatic rings. The van der Waals surface area contributed by atoms with E-state index >= 15 is 0 Å². The Morgan fingerprint density at radius 2 is 1.83 bits per heavy atom. The van der Waals surface area contributed by atoms with E-state index < -0.39 is 5.91 Å². The van der Waals surface area contributed by atoms with Gasteiger partial charge >= 0.3 is 0 Å². The van der Waals surface area contributed by atoms with Crippen LogP contribution in [-0.2, 0) is 10.5 Å². The van der Waals surface area contributed by atoms with Crippen LogP contribution in [0.4, 0.5) is 5.69 Å². The summed E-state index contributed by atoms with van der Waals surface area (Å²) >= 11 is 4.93. The van der Waals surface area contributed by atoms with Crippen molar-refractivity contribution in [2.24, 2.45) is 5.73 Å². The molecule has 1 atom stereocenters. The summed E-state index contributed by atoms with van der Waals surface area (Å²) in [6.07, 6.45) is 0. The summed E-state index contributed by atoms with van der Waals surface area (Å²) in [6.45, 7) is 1.84. The number of amides is 2. The zero-order valence-corrected chi connectivity index (χ0v) is 15.0. The van der Waals surface area contributed by atoms with Gasteiger partial charge in [-0.05, 0) is 36.8 Å². The molecule has 0 aliphatic heterocycles. The SMILES string of the molecule is C[C@@H](SCc1ccc(Br)cc1)C(=O)Nc1ccccc1C(N)=O. The van der Waals surface area contributed by atoms with Crippen molar-refractivity contribution in [3.63, 3.8) is 0 Å². The lowest BCUT2D eigenvalue weighted by atomic mass is 10.1. The third-order valence-corrected chi connectivity index (χ3v) is 4.98. The summed E-state index contributed by atoms with van der Waals surface area (Å²) in [7, 11) is 0. The Bertz CT molecular complexity index is 704. The maximum Gasteiger partial charge on any atom is 0.250 e. The van der Waals surface area contributed by atoms with E-state index in [2.05, 4.69) is 21.2 Å². The van der Waals surface area contributed by atoms with Crippen molar-refractivity contribution in [3.8, 4) is 0 Å². The molecule has 23 heavy (non-hydrogen) atoms. The summed E-state index contributed by atoms with van der Waals surface area (Å²) in [6, 6.07) is 14.7. The van der Waals surface area contributed by atoms with E-state index in [0.717, 1.165) is 15.8 Å². The van der Waals surface area contributed by atoms with Gasteiger partial charge in [-0.25, -0.2) is 0 Å². The Labute approximate surface area is 148 Å². The predicted octanol–water partition coefficient (Wildman–Crippen LogP) is 3.81. The fourth-order valence-corrected chi connectivity index (χ4v) is 3.03. The van der Waals surface area contributed by atoms with Gasteiger partial charge < -0.3 is 11.1 Å². The highest BCUT2D eigenvalue weighted by Crippen LogP contribution is 2.22. The number of benzene rings is 2. The van der Waals surface area contributed by atoms with Crippen LogP contribution in [0, 0.1) is 0 Å². The number of halogens is 1. The Kier molecular flexibility index (Phi) is 6.24. The highest BCUT2D eigenvalue weighted by molar-refractivity contribution is 9.10. The molecule has 0 aromatic heterocycles. The monoisotopic (exact) mass is 392 g/mol. The number of thioether (sulfide) groups is 1. The zero-order chi connectivity index (χ0) is 16.8. The minimum absolute atomic E-state index is 0.152. The first-order chi connectivity index (χ1) is 11.0. The maximum atomic E-state index is 12.3. The van der Waals surface area contributed by atoms with Crippen molar-refractivity contribution >= 4 is 45.2 Å². The van der Waals surface area contributed by atoms with Gasteiger partial charge in [-0.15, -0.1) is 11.8 Å². The van der Waals surface area contributed by atoms with Gasteiger partial charge in [-0.1, -0.05) is 40.2 Å². The molecular formula is C17H17BrN2O2S. The molecule has 0 spiro atoms. The maximum absolute atomic E-state index is 12.3. The Morgan fingerprint density at radius 3 is 2.48 bits per heavy atom. The number of rotatable bonds is 6. The second kappa shape index (κ2) is 8.17. The second-order valence-corrected chi connectivity index (χ2v) is 7.22. The third kappa shape index (κ3) is 5.11. The molecule has 2 rings (SSSR count). The molecule has 0 bridgehead atoms. The highest BCUT2D eigenvalue weighted by Gasteiger charge is 2.16. The van der Waals surface area contributed by atoms with E-state index in [4.69, 9.17) is 5.73 Å². The first-order valence-corrected chi connectivity index (χ1v) is 8.87. The van der Waals surface area contributed by atoms with Crippen molar-refractivity contribution in [2.75, 3.05) is 5.32 Å². The lowest BCUT2D eigenvalue weighted by Gasteiger charge is -2.13. The highest BCUT2D eigenvalue weighted by atomic mass is 79.9. The molecule has 0 heterocycles. The second-order valence-electron chi connectivity index (χ2n) is 4.98. The quantitative estimate of drug-likeness (QED) is 0.784. The first kappa shape index (κ1) is 17.6. The molecule has 6 heteroatoms. The van der Waals surface area contributed by atoms with Gasteiger partial charge in [-0.3, -0.25) is 9.59 Å². The van der Waals surface area contributed by atoms with Crippen molar-refractivity contribution in [2.45, 2.75) is 17.9 Å². The molecule has 0 unspecified atom stereocenters. The normalized spacial score (nSPS) is 11.7. The largest absolute Gasteiger partial charge is 0.366 e. The van der Waals surface area contributed by atoms with E-state index in [-0.39, 0.29) is 11.2 Å². The number of carbonyl (C=O) groups excluding carboxylic acids is 2. The van der Waals surface area contributed by atoms with E-state index in [0.29, 0.717) is 11.3 Å². The van der Waals surface area contributed by atoms with Crippen LogP contribution >= 0.6 is 27.7 Å². The third-order valence-electron chi connectivity index (χ3n) is 3.23. The van der Waals surface area contributed by atoms with Gasteiger partial charge in [0.25, 0.3) is 5.91 Å². The molecule has 0 aliphatic carbocycles. The smallest absolute Gasteiger partial charge is 0.250 e. The van der Waals surface area contributed by atoms with E-state index in [1.165, 1.54) is 11.8 Å². The van der Waals surface area contributed by atoms with E-state index in [1.54, 1.807) is 24.3 Å². The zero-order valence-electron chi connectivity index (χ0n) is 12.6. The van der Waals surface area contributed by atoms with Gasteiger partial charge in [0, 0.05) is 10.2 Å². The molecule has 0 saturated heterocycles. The van der Waals surface area contributed by atoms with Crippen LogP contribution in [0.3, 0.4) is 0 Å². The summed E-state index contributed by atoms with van der Waals surface area (Å²) in [5.41, 5.74) is 7.22. The van der Waals surface area contributed by atoms with Gasteiger partial charge in [-0.2, -0.15) is 0 Å². The Hall–Kier alpha value is -1.79. The summed E-state index contributed by atoms with van der Waals surface area (Å²) in [5, 5.41) is 2.52. The molecular weight excluding hydrogens is 376 g/mol. The lowest BCUT2D eigenvalue weighted by Crippen LogP contribution is -2.24. The number of para-hydroxylation sites is 1. The Morgan fingerprint density at radius 1 is 1.17 bits per heavy atom. The van der Waals surface area contributed by atoms with Crippen molar-refractivity contribution in [1.29, 1.82) is 0 Å². The number of nitrogens with two attached hydrogens (primary N) is 1. The molecule has 0 aliphatic rings. The first-order valence-electron chi connectivity index (χ1n) is 7.03. The van der Waals surface area contributed by atoms with Gasteiger partial charge in [0.05, 0.1) is 16.5 Å². The number of nitrogens with one attached hydrogen (secondary N) is 1. The number of carbonyl (C=O) groups is 2. The van der Waals surface area contributed by atoms with E-state index in [1.807, 2.05) is 31.2 Å². The average molecular weight is 393 g/mol. The topological polar surface area (TPSA) is 72.2 Å². The predicted molar refractivity (Wildman–Crippen MR) is 98.5 cm³/mol. The minimum Gasteiger partial charge on any atom is -0.366 e. The van der Waals surface area contributed by atoms with Crippen LogP contribution < -0.4 is 11.1 Å². The summed E-state index contributed by atoms with van der Waals surface area (Å²) in [4.78, 5) is 23.6. The number of primary amides is 1. The number of hydrogen-bond acceptors (Lipinski definition) is 3. The lowest BCUT2D eigenvalue weighted by molar-refractivity contribution is -0.115. The van der Waals surface area contributed by atoms with Crippen LogP contribution in [-0.4, -0.2) is 17.1 Å². The molecule has 0 saturated carbocycles. The fraction of sp³-hybridized carbons (Fsp3) is 0.176.